The summed E-state index contributed by atoms with van der Waals surface area (Å²) in [5, 5.41) is 1.83. The van der Waals surface area contributed by atoms with E-state index in [4.69, 9.17) is 0 Å². The first kappa shape index (κ1) is 11.8. The van der Waals surface area contributed by atoms with Gasteiger partial charge in [0, 0.05) is 22.7 Å². The van der Waals surface area contributed by atoms with E-state index in [1.807, 2.05) is 0 Å². The van der Waals surface area contributed by atoms with Crippen molar-refractivity contribution in [1.82, 2.24) is 4.98 Å². The minimum absolute atomic E-state index is 0. The normalized spacial score (nSPS) is 12.1. The SMILES string of the molecule is O=S([O-])c1ccc2cnccc2c1.[Na+]. The van der Waals surface area contributed by atoms with Gasteiger partial charge >= 0.3 is 29.6 Å². The van der Waals surface area contributed by atoms with Gasteiger partial charge in [0.25, 0.3) is 0 Å². The Morgan fingerprint density at radius 2 is 2.00 bits per heavy atom. The van der Waals surface area contributed by atoms with Crippen LogP contribution in [0.1, 0.15) is 0 Å². The second-order valence-corrected chi connectivity index (χ2v) is 3.56. The van der Waals surface area contributed by atoms with Gasteiger partial charge in [0.15, 0.2) is 0 Å². The van der Waals surface area contributed by atoms with Crippen molar-refractivity contribution >= 4 is 21.9 Å². The van der Waals surface area contributed by atoms with Crippen LogP contribution in [0.25, 0.3) is 10.8 Å². The van der Waals surface area contributed by atoms with Gasteiger partial charge in [-0.05, 0) is 34.7 Å². The molecule has 2 rings (SSSR count). The van der Waals surface area contributed by atoms with Gasteiger partial charge in [-0.1, -0.05) is 6.07 Å². The van der Waals surface area contributed by atoms with Crippen LogP contribution >= 0.6 is 0 Å². The second-order valence-electron chi connectivity index (χ2n) is 2.62. The Labute approximate surface area is 106 Å². The van der Waals surface area contributed by atoms with E-state index < -0.39 is 11.1 Å². The predicted octanol–water partition coefficient (Wildman–Crippen LogP) is -1.52. The van der Waals surface area contributed by atoms with Crippen LogP contribution in [-0.2, 0) is 11.1 Å². The Morgan fingerprint density at radius 3 is 2.71 bits per heavy atom. The van der Waals surface area contributed by atoms with Crippen molar-refractivity contribution in [3.63, 3.8) is 0 Å². The molecule has 5 heteroatoms. The molecule has 66 valence electrons. The number of fused-ring (bicyclic) bond motifs is 1. The molecule has 1 aromatic carbocycles. The summed E-state index contributed by atoms with van der Waals surface area (Å²) in [7, 11) is 0. The fourth-order valence-corrected chi connectivity index (χ4v) is 1.57. The molecule has 1 heterocycles. The standard InChI is InChI=1S/C9H7NO2S.Na/c11-13(12)9-2-1-8-6-10-4-3-7(8)5-9;/h1-6H,(H,11,12);/q;+1/p-1. The van der Waals surface area contributed by atoms with Gasteiger partial charge in [-0.25, -0.2) is 0 Å². The van der Waals surface area contributed by atoms with Crippen molar-refractivity contribution in [3.8, 4) is 0 Å². The molecule has 0 radical (unpaired) electrons. The summed E-state index contributed by atoms with van der Waals surface area (Å²) in [5.74, 6) is 0. The van der Waals surface area contributed by atoms with Crippen LogP contribution in [-0.4, -0.2) is 13.7 Å². The van der Waals surface area contributed by atoms with Crippen LogP contribution in [0, 0.1) is 0 Å². The smallest absolute Gasteiger partial charge is 0.768 e. The van der Waals surface area contributed by atoms with E-state index in [0.29, 0.717) is 4.90 Å². The fraction of sp³-hybridized carbons (Fsp3) is 0. The van der Waals surface area contributed by atoms with Gasteiger partial charge in [-0.2, -0.15) is 0 Å². The Hall–Kier alpha value is -0.260. The van der Waals surface area contributed by atoms with Crippen LogP contribution < -0.4 is 29.6 Å². The first-order chi connectivity index (χ1) is 6.27. The van der Waals surface area contributed by atoms with Crippen LogP contribution in [0.3, 0.4) is 0 Å². The van der Waals surface area contributed by atoms with E-state index in [1.165, 1.54) is 0 Å². The van der Waals surface area contributed by atoms with E-state index in [9.17, 15) is 8.76 Å². The molecule has 0 fully saturated rings. The van der Waals surface area contributed by atoms with Crippen molar-refractivity contribution < 1.29 is 38.3 Å². The maximum Gasteiger partial charge on any atom is 1.00 e. The van der Waals surface area contributed by atoms with Crippen molar-refractivity contribution in [2.24, 2.45) is 0 Å². The summed E-state index contributed by atoms with van der Waals surface area (Å²) in [4.78, 5) is 4.24. The van der Waals surface area contributed by atoms with Gasteiger partial charge in [-0.15, -0.1) is 0 Å². The van der Waals surface area contributed by atoms with Crippen LogP contribution in [0.5, 0.6) is 0 Å². The number of hydrogen-bond donors (Lipinski definition) is 0. The largest absolute Gasteiger partial charge is 1.00 e. The average Bonchev–Trinajstić information content (AvgIpc) is 2.17. The van der Waals surface area contributed by atoms with Gasteiger partial charge in [0.1, 0.15) is 0 Å². The first-order valence-electron chi connectivity index (χ1n) is 3.70. The summed E-state index contributed by atoms with van der Waals surface area (Å²) >= 11 is -2.16. The molecule has 0 N–H and O–H groups in total. The third kappa shape index (κ3) is 2.40. The Kier molecular flexibility index (Phi) is 4.22. The molecule has 2 aromatic rings. The van der Waals surface area contributed by atoms with Gasteiger partial charge < -0.3 is 4.55 Å². The summed E-state index contributed by atoms with van der Waals surface area (Å²) in [6, 6.07) is 6.71. The Balaban J connectivity index is 0.000000980. The van der Waals surface area contributed by atoms with Crippen LogP contribution in [0.4, 0.5) is 0 Å². The molecule has 3 nitrogen and oxygen atoms in total. The van der Waals surface area contributed by atoms with E-state index in [-0.39, 0.29) is 29.6 Å². The topological polar surface area (TPSA) is 53.0 Å². The molecule has 0 aliphatic carbocycles. The Morgan fingerprint density at radius 1 is 1.21 bits per heavy atom. The quantitative estimate of drug-likeness (QED) is 0.428. The Bertz CT molecular complexity index is 475. The average molecular weight is 215 g/mol. The zero-order valence-corrected chi connectivity index (χ0v) is 10.5. The second kappa shape index (κ2) is 5.00. The molecule has 0 aliphatic rings. The van der Waals surface area contributed by atoms with E-state index in [1.54, 1.807) is 36.7 Å². The molecule has 0 saturated carbocycles. The third-order valence-corrected chi connectivity index (χ3v) is 2.44. The van der Waals surface area contributed by atoms with Crippen molar-refractivity contribution in [3.05, 3.63) is 36.7 Å². The maximum atomic E-state index is 10.6. The number of pyridine rings is 1. The number of benzene rings is 1. The predicted molar refractivity (Wildman–Crippen MR) is 48.9 cm³/mol. The zero-order chi connectivity index (χ0) is 9.26. The molecule has 0 spiro atoms. The van der Waals surface area contributed by atoms with Crippen LogP contribution in [0.15, 0.2) is 41.6 Å². The van der Waals surface area contributed by atoms with Crippen LogP contribution in [0.2, 0.25) is 0 Å². The summed E-state index contributed by atoms with van der Waals surface area (Å²) < 4.78 is 21.3. The molecular formula is C9H6NNaO2S. The zero-order valence-electron chi connectivity index (χ0n) is 7.64. The number of rotatable bonds is 1. The molecular weight excluding hydrogens is 209 g/mol. The molecule has 0 saturated heterocycles. The number of hydrogen-bond acceptors (Lipinski definition) is 3. The maximum absolute atomic E-state index is 10.6. The minimum atomic E-state index is -2.16. The molecule has 1 unspecified atom stereocenters. The van der Waals surface area contributed by atoms with E-state index in [0.717, 1.165) is 10.8 Å². The van der Waals surface area contributed by atoms with Gasteiger partial charge in [0.05, 0.1) is 0 Å². The molecule has 0 aliphatic heterocycles. The number of nitrogens with zero attached hydrogens (tertiary/aromatic N) is 1. The molecule has 0 amide bonds. The van der Waals surface area contributed by atoms with Crippen molar-refractivity contribution in [2.75, 3.05) is 0 Å². The first-order valence-corrected chi connectivity index (χ1v) is 4.78. The van der Waals surface area contributed by atoms with E-state index >= 15 is 0 Å². The number of aromatic nitrogens is 1. The van der Waals surface area contributed by atoms with Crippen molar-refractivity contribution in [1.29, 1.82) is 0 Å². The van der Waals surface area contributed by atoms with Gasteiger partial charge in [0.2, 0.25) is 0 Å². The minimum Gasteiger partial charge on any atom is -0.768 e. The summed E-state index contributed by atoms with van der Waals surface area (Å²) in [6.07, 6.45) is 3.34. The fourth-order valence-electron chi connectivity index (χ4n) is 1.17. The monoisotopic (exact) mass is 215 g/mol. The van der Waals surface area contributed by atoms with Gasteiger partial charge in [-0.3, -0.25) is 9.19 Å². The molecule has 1 atom stereocenters. The van der Waals surface area contributed by atoms with Crippen molar-refractivity contribution in [2.45, 2.75) is 4.90 Å². The molecule has 14 heavy (non-hydrogen) atoms. The third-order valence-electron chi connectivity index (χ3n) is 1.80. The summed E-state index contributed by atoms with van der Waals surface area (Å²) in [6.45, 7) is 0. The summed E-state index contributed by atoms with van der Waals surface area (Å²) in [5.41, 5.74) is 0. The molecule has 0 bridgehead atoms. The van der Waals surface area contributed by atoms with E-state index in [2.05, 4.69) is 4.98 Å². The molecule has 1 aromatic heterocycles.